The summed E-state index contributed by atoms with van der Waals surface area (Å²) in [6.07, 6.45) is 1.43. The third kappa shape index (κ3) is 3.07. The minimum atomic E-state index is -0.267. The van der Waals surface area contributed by atoms with E-state index in [1.54, 1.807) is 6.07 Å². The largest absolute Gasteiger partial charge is 0.453 e. The minimum Gasteiger partial charge on any atom is -0.453 e. The van der Waals surface area contributed by atoms with E-state index in [9.17, 15) is 9.59 Å². The molecule has 0 amide bonds. The molecule has 0 bridgehead atoms. The summed E-state index contributed by atoms with van der Waals surface area (Å²) >= 11 is 1.43. The van der Waals surface area contributed by atoms with Crippen LogP contribution in [0, 0.1) is 6.92 Å². The van der Waals surface area contributed by atoms with Crippen LogP contribution in [0.1, 0.15) is 16.1 Å². The van der Waals surface area contributed by atoms with Crippen LogP contribution in [0.25, 0.3) is 32.3 Å². The zero-order chi connectivity index (χ0) is 20.0. The van der Waals surface area contributed by atoms with E-state index in [1.165, 1.54) is 22.2 Å². The van der Waals surface area contributed by atoms with Gasteiger partial charge in [-0.25, -0.2) is 4.98 Å². The molecular formula is C23H16N2O3S. The van der Waals surface area contributed by atoms with Gasteiger partial charge in [-0.05, 0) is 24.6 Å². The molecule has 29 heavy (non-hydrogen) atoms. The van der Waals surface area contributed by atoms with Gasteiger partial charge in [0, 0.05) is 16.3 Å². The number of nitrogens with zero attached hydrogens (tertiary/aromatic N) is 2. The molecule has 0 atom stereocenters. The quantitative estimate of drug-likeness (QED) is 0.396. The number of hydrogen-bond acceptors (Lipinski definition) is 5. The Morgan fingerprint density at radius 3 is 2.72 bits per heavy atom. The summed E-state index contributed by atoms with van der Waals surface area (Å²) in [7, 11) is 0. The predicted molar refractivity (Wildman–Crippen MR) is 115 cm³/mol. The van der Waals surface area contributed by atoms with E-state index in [4.69, 9.17) is 4.42 Å². The standard InChI is InChI=1S/C23H16N2O3S/c1-14-6-8-15(9-7-14)17-12-29-22-21(17)23(27)25(13-24-22)11-18(26)20-10-16-4-2-3-5-19(16)28-20/h2-10,12-13H,11H2,1H3. The smallest absolute Gasteiger partial charge is 0.263 e. The van der Waals surface area contributed by atoms with Crippen molar-refractivity contribution in [1.29, 1.82) is 0 Å². The highest BCUT2D eigenvalue weighted by Gasteiger charge is 2.17. The molecule has 0 spiro atoms. The highest BCUT2D eigenvalue weighted by molar-refractivity contribution is 7.17. The molecule has 3 aromatic heterocycles. The Balaban J connectivity index is 1.54. The zero-order valence-electron chi connectivity index (χ0n) is 15.6. The van der Waals surface area contributed by atoms with Crippen LogP contribution >= 0.6 is 11.3 Å². The van der Waals surface area contributed by atoms with Crippen molar-refractivity contribution in [3.05, 3.63) is 88.0 Å². The van der Waals surface area contributed by atoms with Crippen LogP contribution in [0.5, 0.6) is 0 Å². The third-order valence-corrected chi connectivity index (χ3v) is 5.82. The van der Waals surface area contributed by atoms with Crippen molar-refractivity contribution < 1.29 is 9.21 Å². The van der Waals surface area contributed by atoms with Crippen LogP contribution in [-0.4, -0.2) is 15.3 Å². The fourth-order valence-corrected chi connectivity index (χ4v) is 4.28. The predicted octanol–water partition coefficient (Wildman–Crippen LogP) is 5.06. The van der Waals surface area contributed by atoms with E-state index in [1.807, 2.05) is 60.8 Å². The van der Waals surface area contributed by atoms with Gasteiger partial charge in [-0.15, -0.1) is 11.3 Å². The lowest BCUT2D eigenvalue weighted by Crippen LogP contribution is -2.24. The monoisotopic (exact) mass is 400 g/mol. The highest BCUT2D eigenvalue weighted by atomic mass is 32.1. The van der Waals surface area contributed by atoms with Gasteiger partial charge in [0.05, 0.1) is 18.3 Å². The van der Waals surface area contributed by atoms with E-state index in [0.717, 1.165) is 22.1 Å². The number of furan rings is 1. The van der Waals surface area contributed by atoms with Gasteiger partial charge < -0.3 is 4.42 Å². The van der Waals surface area contributed by atoms with E-state index in [2.05, 4.69) is 4.98 Å². The van der Waals surface area contributed by atoms with Gasteiger partial charge in [-0.2, -0.15) is 0 Å². The van der Waals surface area contributed by atoms with Crippen LogP contribution in [0.3, 0.4) is 0 Å². The summed E-state index contributed by atoms with van der Waals surface area (Å²) in [6, 6.07) is 17.2. The first-order valence-corrected chi connectivity index (χ1v) is 10.0. The lowest BCUT2D eigenvalue weighted by Gasteiger charge is -2.05. The van der Waals surface area contributed by atoms with E-state index in [0.29, 0.717) is 15.8 Å². The summed E-state index contributed by atoms with van der Waals surface area (Å²) in [5.74, 6) is -0.0289. The van der Waals surface area contributed by atoms with E-state index < -0.39 is 0 Å². The van der Waals surface area contributed by atoms with Gasteiger partial charge in [-0.3, -0.25) is 14.2 Å². The molecule has 0 saturated carbocycles. The number of fused-ring (bicyclic) bond motifs is 2. The van der Waals surface area contributed by atoms with Crippen molar-refractivity contribution in [2.24, 2.45) is 0 Å². The molecule has 0 N–H and O–H groups in total. The summed E-state index contributed by atoms with van der Waals surface area (Å²) in [5.41, 5.74) is 3.38. The number of benzene rings is 2. The topological polar surface area (TPSA) is 65.1 Å². The Hall–Kier alpha value is -3.51. The Morgan fingerprint density at radius 2 is 1.93 bits per heavy atom. The number of carbonyl (C=O) groups is 1. The Kier molecular flexibility index (Phi) is 4.14. The molecule has 0 aliphatic carbocycles. The van der Waals surface area contributed by atoms with E-state index >= 15 is 0 Å². The lowest BCUT2D eigenvalue weighted by molar-refractivity contribution is 0.0945. The van der Waals surface area contributed by atoms with Crippen LogP contribution in [0.2, 0.25) is 0 Å². The molecule has 0 radical (unpaired) electrons. The maximum atomic E-state index is 13.1. The first-order chi connectivity index (χ1) is 14.1. The lowest BCUT2D eigenvalue weighted by atomic mass is 10.1. The number of aryl methyl sites for hydroxylation is 1. The van der Waals surface area contributed by atoms with Gasteiger partial charge in [0.25, 0.3) is 5.56 Å². The number of aromatic nitrogens is 2. The summed E-state index contributed by atoms with van der Waals surface area (Å²) in [4.78, 5) is 30.9. The van der Waals surface area contributed by atoms with Crippen molar-refractivity contribution in [2.45, 2.75) is 13.5 Å². The first-order valence-electron chi connectivity index (χ1n) is 9.15. The Morgan fingerprint density at radius 1 is 1.14 bits per heavy atom. The second-order valence-electron chi connectivity index (χ2n) is 6.94. The van der Waals surface area contributed by atoms with Crippen molar-refractivity contribution >= 4 is 38.3 Å². The highest BCUT2D eigenvalue weighted by Crippen LogP contribution is 2.30. The van der Waals surface area contributed by atoms with Gasteiger partial charge in [0.2, 0.25) is 5.78 Å². The Bertz CT molecular complexity index is 1390. The second-order valence-corrected chi connectivity index (χ2v) is 7.80. The molecule has 0 fully saturated rings. The number of carbonyl (C=O) groups excluding carboxylic acids is 1. The fourth-order valence-electron chi connectivity index (χ4n) is 3.38. The van der Waals surface area contributed by atoms with Crippen molar-refractivity contribution in [1.82, 2.24) is 9.55 Å². The Labute approximate surface area is 169 Å². The maximum Gasteiger partial charge on any atom is 0.263 e. The van der Waals surface area contributed by atoms with Gasteiger partial charge in [0.1, 0.15) is 10.4 Å². The molecule has 0 aliphatic rings. The molecule has 2 aromatic carbocycles. The zero-order valence-corrected chi connectivity index (χ0v) is 16.4. The van der Waals surface area contributed by atoms with Gasteiger partial charge >= 0.3 is 0 Å². The number of rotatable bonds is 4. The number of hydrogen-bond donors (Lipinski definition) is 0. The van der Waals surface area contributed by atoms with Crippen LogP contribution in [-0.2, 0) is 6.54 Å². The molecular weight excluding hydrogens is 384 g/mol. The number of para-hydroxylation sites is 1. The normalized spacial score (nSPS) is 11.3. The van der Waals surface area contributed by atoms with Crippen LogP contribution in [0.4, 0.5) is 0 Å². The molecule has 5 rings (SSSR count). The fraction of sp³-hybridized carbons (Fsp3) is 0.0870. The summed E-state index contributed by atoms with van der Waals surface area (Å²) in [5, 5.41) is 3.34. The molecule has 0 aliphatic heterocycles. The number of Topliss-reactive ketones (excluding diaryl/α,β-unsaturated/α-hetero) is 1. The second kappa shape index (κ2) is 6.83. The molecule has 6 heteroatoms. The van der Waals surface area contributed by atoms with Crippen molar-refractivity contribution in [2.75, 3.05) is 0 Å². The number of thiophene rings is 1. The number of ketones is 1. The van der Waals surface area contributed by atoms with Crippen LogP contribution < -0.4 is 5.56 Å². The third-order valence-electron chi connectivity index (χ3n) is 4.94. The van der Waals surface area contributed by atoms with Gasteiger partial charge in [-0.1, -0.05) is 48.0 Å². The first kappa shape index (κ1) is 17.6. The summed E-state index contributed by atoms with van der Waals surface area (Å²) in [6.45, 7) is 1.90. The van der Waals surface area contributed by atoms with Crippen molar-refractivity contribution in [3.63, 3.8) is 0 Å². The van der Waals surface area contributed by atoms with Crippen molar-refractivity contribution in [3.8, 4) is 11.1 Å². The average Bonchev–Trinajstić information content (AvgIpc) is 3.35. The molecule has 0 unspecified atom stereocenters. The molecule has 0 saturated heterocycles. The minimum absolute atomic E-state index is 0.120. The maximum absolute atomic E-state index is 13.1. The SMILES string of the molecule is Cc1ccc(-c2csc3ncn(CC(=O)c4cc5ccccc5o4)c(=O)c23)cc1. The molecule has 5 nitrogen and oxygen atoms in total. The summed E-state index contributed by atoms with van der Waals surface area (Å²) < 4.78 is 6.98. The molecule has 142 valence electrons. The molecule has 5 aromatic rings. The molecule has 3 heterocycles. The van der Waals surface area contributed by atoms with Crippen LogP contribution in [0.15, 0.2) is 75.5 Å². The van der Waals surface area contributed by atoms with Gasteiger partial charge in [0.15, 0.2) is 5.76 Å². The van der Waals surface area contributed by atoms with E-state index in [-0.39, 0.29) is 23.6 Å². The average molecular weight is 400 g/mol.